The first-order valence-electron chi connectivity index (χ1n) is 6.61. The van der Waals surface area contributed by atoms with Crippen molar-refractivity contribution >= 4 is 15.7 Å². The Bertz CT molecular complexity index is 433. The van der Waals surface area contributed by atoms with E-state index in [0.717, 1.165) is 19.3 Å². The van der Waals surface area contributed by atoms with E-state index in [-0.39, 0.29) is 17.1 Å². The molecule has 0 aromatic carbocycles. The number of piperidine rings is 1. The van der Waals surface area contributed by atoms with Crippen LogP contribution in [0.4, 0.5) is 0 Å². The van der Waals surface area contributed by atoms with Crippen molar-refractivity contribution in [2.24, 2.45) is 5.92 Å². The van der Waals surface area contributed by atoms with Gasteiger partial charge >= 0.3 is 0 Å². The number of rotatable bonds is 2. The molecule has 2 aliphatic rings. The number of amides is 1. The maximum Gasteiger partial charge on any atom is 0.226 e. The second kappa shape index (κ2) is 5.43. The van der Waals surface area contributed by atoms with E-state index in [4.69, 9.17) is 0 Å². The molecule has 5 heteroatoms. The fourth-order valence-electron chi connectivity index (χ4n) is 2.78. The quantitative estimate of drug-likeness (QED) is 0.713. The minimum Gasteiger partial charge on any atom is -0.342 e. The van der Waals surface area contributed by atoms with Crippen LogP contribution in [0.1, 0.15) is 32.1 Å². The topological polar surface area (TPSA) is 54.5 Å². The third kappa shape index (κ3) is 3.13. The average Bonchev–Trinajstić information content (AvgIpc) is 2.38. The van der Waals surface area contributed by atoms with Crippen LogP contribution in [0.5, 0.6) is 0 Å². The second-order valence-electron chi connectivity index (χ2n) is 5.34. The molecule has 2 rings (SSSR count). The van der Waals surface area contributed by atoms with Gasteiger partial charge < -0.3 is 4.90 Å². The molecule has 1 amide bonds. The molecule has 102 valence electrons. The van der Waals surface area contributed by atoms with Gasteiger partial charge in [-0.15, -0.1) is 0 Å². The van der Waals surface area contributed by atoms with Crippen molar-refractivity contribution in [2.75, 3.05) is 19.3 Å². The summed E-state index contributed by atoms with van der Waals surface area (Å²) in [6.45, 7) is 1.19. The first kappa shape index (κ1) is 13.6. The van der Waals surface area contributed by atoms with Crippen molar-refractivity contribution in [3.8, 4) is 0 Å². The van der Waals surface area contributed by atoms with E-state index in [1.807, 2.05) is 4.90 Å². The summed E-state index contributed by atoms with van der Waals surface area (Å²) in [7, 11) is -2.95. The minimum absolute atomic E-state index is 0.116. The Hall–Kier alpha value is -0.840. The van der Waals surface area contributed by atoms with Crippen LogP contribution >= 0.6 is 0 Å². The van der Waals surface area contributed by atoms with E-state index in [9.17, 15) is 13.2 Å². The van der Waals surface area contributed by atoms with E-state index in [1.165, 1.54) is 6.26 Å². The summed E-state index contributed by atoms with van der Waals surface area (Å²) in [5, 5.41) is -0.257. The third-order valence-electron chi connectivity index (χ3n) is 3.98. The Labute approximate surface area is 109 Å². The van der Waals surface area contributed by atoms with Crippen LogP contribution in [0.25, 0.3) is 0 Å². The van der Waals surface area contributed by atoms with Gasteiger partial charge in [0.05, 0.1) is 5.25 Å². The Morgan fingerprint density at radius 1 is 1.17 bits per heavy atom. The fraction of sp³-hybridized carbons (Fsp3) is 0.769. The summed E-state index contributed by atoms with van der Waals surface area (Å²) in [4.78, 5) is 14.1. The summed E-state index contributed by atoms with van der Waals surface area (Å²) < 4.78 is 22.9. The van der Waals surface area contributed by atoms with Crippen molar-refractivity contribution in [2.45, 2.75) is 37.4 Å². The third-order valence-corrected chi connectivity index (χ3v) is 5.66. The molecule has 1 atom stereocenters. The molecule has 0 spiro atoms. The number of sulfone groups is 1. The Kier molecular flexibility index (Phi) is 4.10. The van der Waals surface area contributed by atoms with Crippen molar-refractivity contribution in [1.29, 1.82) is 0 Å². The first-order valence-corrected chi connectivity index (χ1v) is 8.56. The molecule has 1 heterocycles. The molecular weight excluding hydrogens is 250 g/mol. The lowest BCUT2D eigenvalue weighted by atomic mass is 9.92. The van der Waals surface area contributed by atoms with Gasteiger partial charge in [0.15, 0.2) is 0 Å². The molecular formula is C13H21NO3S. The van der Waals surface area contributed by atoms with Gasteiger partial charge in [-0.25, -0.2) is 8.42 Å². The van der Waals surface area contributed by atoms with Crippen molar-refractivity contribution < 1.29 is 13.2 Å². The van der Waals surface area contributed by atoms with Crippen molar-refractivity contribution in [3.05, 3.63) is 12.2 Å². The highest BCUT2D eigenvalue weighted by molar-refractivity contribution is 7.91. The van der Waals surface area contributed by atoms with Crippen LogP contribution in [0.15, 0.2) is 12.2 Å². The molecule has 1 saturated heterocycles. The summed E-state index contributed by atoms with van der Waals surface area (Å²) in [5.41, 5.74) is 0. The molecule has 18 heavy (non-hydrogen) atoms. The lowest BCUT2D eigenvalue weighted by molar-refractivity contribution is -0.136. The highest BCUT2D eigenvalue weighted by Crippen LogP contribution is 2.24. The number of carbonyl (C=O) groups is 1. The van der Waals surface area contributed by atoms with Crippen LogP contribution in [0.2, 0.25) is 0 Å². The van der Waals surface area contributed by atoms with Crippen molar-refractivity contribution in [1.82, 2.24) is 4.90 Å². The molecule has 0 saturated carbocycles. The lowest BCUT2D eigenvalue weighted by Crippen LogP contribution is -2.44. The van der Waals surface area contributed by atoms with Gasteiger partial charge in [0.25, 0.3) is 0 Å². The van der Waals surface area contributed by atoms with Gasteiger partial charge in [-0.3, -0.25) is 4.79 Å². The normalized spacial score (nSPS) is 26.3. The largest absolute Gasteiger partial charge is 0.342 e. The van der Waals surface area contributed by atoms with E-state index in [0.29, 0.717) is 25.9 Å². The number of hydrogen-bond acceptors (Lipinski definition) is 3. The molecule has 0 radical (unpaired) electrons. The zero-order valence-corrected chi connectivity index (χ0v) is 11.7. The zero-order valence-electron chi connectivity index (χ0n) is 10.8. The predicted molar refractivity (Wildman–Crippen MR) is 70.9 cm³/mol. The maximum atomic E-state index is 12.3. The summed E-state index contributed by atoms with van der Waals surface area (Å²) in [6, 6.07) is 0. The summed E-state index contributed by atoms with van der Waals surface area (Å²) in [5.74, 6) is 0.330. The van der Waals surface area contributed by atoms with Gasteiger partial charge in [0, 0.05) is 25.3 Å². The zero-order chi connectivity index (χ0) is 13.2. The van der Waals surface area contributed by atoms with E-state index in [2.05, 4.69) is 12.2 Å². The predicted octanol–water partition coefficient (Wildman–Crippen LogP) is 1.38. The van der Waals surface area contributed by atoms with Crippen LogP contribution in [0, 0.1) is 5.92 Å². The van der Waals surface area contributed by atoms with E-state index in [1.54, 1.807) is 0 Å². The van der Waals surface area contributed by atoms with Gasteiger partial charge in [-0.2, -0.15) is 0 Å². The molecule has 0 aromatic rings. The second-order valence-corrected chi connectivity index (χ2v) is 7.66. The monoisotopic (exact) mass is 271 g/mol. The van der Waals surface area contributed by atoms with Crippen LogP contribution in [-0.4, -0.2) is 43.8 Å². The summed E-state index contributed by atoms with van der Waals surface area (Å²) >= 11 is 0. The molecule has 1 aliphatic heterocycles. The maximum absolute atomic E-state index is 12.3. The van der Waals surface area contributed by atoms with Gasteiger partial charge in [-0.1, -0.05) is 12.2 Å². The molecule has 4 nitrogen and oxygen atoms in total. The minimum atomic E-state index is -2.95. The SMILES string of the molecule is CS(=O)(=O)C1CCN(C(=O)[C@H]2CC=CCC2)CC1. The molecule has 0 bridgehead atoms. The lowest BCUT2D eigenvalue weighted by Gasteiger charge is -2.33. The highest BCUT2D eigenvalue weighted by atomic mass is 32.2. The van der Waals surface area contributed by atoms with Crippen LogP contribution in [0.3, 0.4) is 0 Å². The fourth-order valence-corrected chi connectivity index (χ4v) is 3.85. The van der Waals surface area contributed by atoms with E-state index >= 15 is 0 Å². The summed E-state index contributed by atoms with van der Waals surface area (Å²) in [6.07, 6.45) is 9.43. The number of carbonyl (C=O) groups excluding carboxylic acids is 1. The van der Waals surface area contributed by atoms with Gasteiger partial charge in [0.2, 0.25) is 5.91 Å². The Morgan fingerprint density at radius 2 is 1.83 bits per heavy atom. The Balaban J connectivity index is 1.89. The number of allylic oxidation sites excluding steroid dienone is 2. The molecule has 1 aliphatic carbocycles. The number of likely N-dealkylation sites (tertiary alicyclic amines) is 1. The smallest absolute Gasteiger partial charge is 0.226 e. The van der Waals surface area contributed by atoms with Crippen molar-refractivity contribution in [3.63, 3.8) is 0 Å². The molecule has 0 aromatic heterocycles. The molecule has 0 unspecified atom stereocenters. The van der Waals surface area contributed by atoms with Gasteiger partial charge in [-0.05, 0) is 32.1 Å². The number of hydrogen-bond donors (Lipinski definition) is 0. The van der Waals surface area contributed by atoms with Crippen LogP contribution < -0.4 is 0 Å². The van der Waals surface area contributed by atoms with Gasteiger partial charge in [0.1, 0.15) is 9.84 Å². The first-order chi connectivity index (χ1) is 8.48. The number of nitrogens with zero attached hydrogens (tertiary/aromatic N) is 1. The Morgan fingerprint density at radius 3 is 2.33 bits per heavy atom. The van der Waals surface area contributed by atoms with E-state index < -0.39 is 9.84 Å². The molecule has 1 fully saturated rings. The average molecular weight is 271 g/mol. The highest BCUT2D eigenvalue weighted by Gasteiger charge is 2.31. The molecule has 0 N–H and O–H groups in total. The standard InChI is InChI=1S/C13H21NO3S/c1-18(16,17)12-7-9-14(10-8-12)13(15)11-5-3-2-4-6-11/h2-3,11-12H,4-10H2,1H3/t11-/m0/s1. The van der Waals surface area contributed by atoms with Crippen LogP contribution in [-0.2, 0) is 14.6 Å².